The molecule has 5 nitrogen and oxygen atoms in total. The van der Waals surface area contributed by atoms with E-state index in [1.807, 2.05) is 42.7 Å². The summed E-state index contributed by atoms with van der Waals surface area (Å²) in [6.07, 6.45) is 0. The molecule has 0 bridgehead atoms. The molecule has 0 aliphatic rings. The number of nitrogens with zero attached hydrogens (tertiary/aromatic N) is 3. The predicted molar refractivity (Wildman–Crippen MR) is 116 cm³/mol. The number of para-hydroxylation sites is 1. The number of carbonyl (C=O) groups excluding carboxylic acids is 1. The molecule has 1 unspecified atom stereocenters. The van der Waals surface area contributed by atoms with Gasteiger partial charge in [-0.15, -0.1) is 10.2 Å². The predicted octanol–water partition coefficient (Wildman–Crippen LogP) is 5.96. The maximum absolute atomic E-state index is 12.7. The Morgan fingerprint density at radius 2 is 1.75 bits per heavy atom. The van der Waals surface area contributed by atoms with Crippen LogP contribution >= 0.6 is 46.6 Å². The summed E-state index contributed by atoms with van der Waals surface area (Å²) in [6, 6.07) is 11.0. The molecule has 1 amide bonds. The van der Waals surface area contributed by atoms with Gasteiger partial charge < -0.3 is 5.32 Å². The van der Waals surface area contributed by atoms with E-state index in [0.717, 1.165) is 17.1 Å². The summed E-state index contributed by atoms with van der Waals surface area (Å²) < 4.78 is 1.94. The highest BCUT2D eigenvalue weighted by Gasteiger charge is 2.22. The molecule has 3 aromatic rings. The first-order valence-corrected chi connectivity index (χ1v) is 10.4. The van der Waals surface area contributed by atoms with Crippen LogP contribution in [0.25, 0.3) is 5.69 Å². The Morgan fingerprint density at radius 3 is 2.39 bits per heavy atom. The summed E-state index contributed by atoms with van der Waals surface area (Å²) in [5.41, 5.74) is 2.40. The molecule has 3 rings (SSSR count). The first-order chi connectivity index (χ1) is 13.3. The molecule has 1 heterocycles. The third kappa shape index (κ3) is 4.46. The number of rotatable bonds is 5. The summed E-state index contributed by atoms with van der Waals surface area (Å²) in [4.78, 5) is 12.7. The Bertz CT molecular complexity index is 1010. The molecule has 1 aromatic heterocycles. The molecule has 2 aromatic carbocycles. The smallest absolute Gasteiger partial charge is 0.237 e. The van der Waals surface area contributed by atoms with Crippen molar-refractivity contribution in [1.82, 2.24) is 14.8 Å². The number of amides is 1. The van der Waals surface area contributed by atoms with Crippen LogP contribution in [0.3, 0.4) is 0 Å². The number of hydrogen-bond donors (Lipinski definition) is 1. The van der Waals surface area contributed by atoms with Crippen LogP contribution in [0.5, 0.6) is 0 Å². The van der Waals surface area contributed by atoms with Gasteiger partial charge in [0.2, 0.25) is 5.91 Å². The summed E-state index contributed by atoms with van der Waals surface area (Å²) in [5.74, 6) is 0.487. The standard InChI is InChI=1S/C19H17Cl3N4OS/c1-10-6-4-5-7-16(10)26-12(3)24-25-19(26)28-11(2)18(27)23-17-14(21)8-13(20)9-15(17)22/h4-9,11H,1-3H3,(H,23,27). The van der Waals surface area contributed by atoms with E-state index in [4.69, 9.17) is 34.8 Å². The molecule has 1 atom stereocenters. The fourth-order valence-corrected chi connectivity index (χ4v) is 4.43. The minimum absolute atomic E-state index is 0.256. The van der Waals surface area contributed by atoms with Gasteiger partial charge in [0.05, 0.1) is 26.7 Å². The fraction of sp³-hybridized carbons (Fsp3) is 0.211. The Kier molecular flexibility index (Phi) is 6.55. The monoisotopic (exact) mass is 454 g/mol. The van der Waals surface area contributed by atoms with Crippen LogP contribution in [0.1, 0.15) is 18.3 Å². The maximum Gasteiger partial charge on any atom is 0.237 e. The van der Waals surface area contributed by atoms with Gasteiger partial charge in [-0.3, -0.25) is 9.36 Å². The van der Waals surface area contributed by atoms with E-state index in [-0.39, 0.29) is 16.0 Å². The topological polar surface area (TPSA) is 59.8 Å². The van der Waals surface area contributed by atoms with Crippen molar-refractivity contribution in [2.75, 3.05) is 5.32 Å². The van der Waals surface area contributed by atoms with Gasteiger partial charge in [0.1, 0.15) is 5.82 Å². The van der Waals surface area contributed by atoms with Gasteiger partial charge in [-0.1, -0.05) is 64.8 Å². The van der Waals surface area contributed by atoms with Gasteiger partial charge in [-0.05, 0) is 44.5 Å². The molecule has 0 aliphatic heterocycles. The third-order valence-electron chi connectivity index (χ3n) is 4.06. The van der Waals surface area contributed by atoms with E-state index in [1.165, 1.54) is 23.9 Å². The summed E-state index contributed by atoms with van der Waals surface area (Å²) in [7, 11) is 0. The first-order valence-electron chi connectivity index (χ1n) is 8.38. The van der Waals surface area contributed by atoms with Crippen LogP contribution in [0.15, 0.2) is 41.6 Å². The highest BCUT2D eigenvalue weighted by atomic mass is 35.5. The molecule has 28 heavy (non-hydrogen) atoms. The number of aromatic nitrogens is 3. The van der Waals surface area contributed by atoms with Crippen LogP contribution in [-0.4, -0.2) is 25.9 Å². The second-order valence-corrected chi connectivity index (χ2v) is 8.70. The number of hydrogen-bond acceptors (Lipinski definition) is 4. The largest absolute Gasteiger partial charge is 0.323 e. The highest BCUT2D eigenvalue weighted by molar-refractivity contribution is 8.00. The number of halogens is 3. The zero-order chi connectivity index (χ0) is 20.4. The van der Waals surface area contributed by atoms with Crippen molar-refractivity contribution in [3.05, 3.63) is 62.9 Å². The average molecular weight is 456 g/mol. The van der Waals surface area contributed by atoms with E-state index in [9.17, 15) is 4.79 Å². The van der Waals surface area contributed by atoms with E-state index < -0.39 is 5.25 Å². The Morgan fingerprint density at radius 1 is 1.11 bits per heavy atom. The number of benzene rings is 2. The molecular formula is C19H17Cl3N4OS. The summed E-state index contributed by atoms with van der Waals surface area (Å²) in [5, 5.41) is 12.3. The van der Waals surface area contributed by atoms with E-state index >= 15 is 0 Å². The molecule has 9 heteroatoms. The van der Waals surface area contributed by atoms with Gasteiger partial charge in [0.25, 0.3) is 0 Å². The lowest BCUT2D eigenvalue weighted by Gasteiger charge is -2.15. The molecule has 0 radical (unpaired) electrons. The minimum Gasteiger partial charge on any atom is -0.323 e. The van der Waals surface area contributed by atoms with Gasteiger partial charge in [-0.25, -0.2) is 0 Å². The summed E-state index contributed by atoms with van der Waals surface area (Å²) >= 11 is 19.5. The summed E-state index contributed by atoms with van der Waals surface area (Å²) in [6.45, 7) is 5.68. The Labute approximate surface area is 182 Å². The number of anilines is 1. The van der Waals surface area contributed by atoms with Crippen molar-refractivity contribution in [2.45, 2.75) is 31.2 Å². The maximum atomic E-state index is 12.7. The zero-order valence-corrected chi connectivity index (χ0v) is 18.4. The zero-order valence-electron chi connectivity index (χ0n) is 15.3. The van der Waals surface area contributed by atoms with E-state index in [0.29, 0.717) is 15.9 Å². The Hall–Kier alpha value is -1.73. The highest BCUT2D eigenvalue weighted by Crippen LogP contribution is 2.34. The first kappa shape index (κ1) is 21.0. The Balaban J connectivity index is 1.82. The molecule has 0 fully saturated rings. The molecule has 1 N–H and O–H groups in total. The van der Waals surface area contributed by atoms with Gasteiger partial charge >= 0.3 is 0 Å². The molecular weight excluding hydrogens is 439 g/mol. The number of nitrogens with one attached hydrogen (secondary N) is 1. The van der Waals surface area contributed by atoms with E-state index in [1.54, 1.807) is 6.92 Å². The van der Waals surface area contributed by atoms with Gasteiger partial charge in [0.15, 0.2) is 5.16 Å². The normalized spacial score (nSPS) is 12.1. The van der Waals surface area contributed by atoms with Crippen LogP contribution < -0.4 is 5.32 Å². The molecule has 0 saturated heterocycles. The number of carbonyl (C=O) groups is 1. The second kappa shape index (κ2) is 8.74. The fourth-order valence-electron chi connectivity index (χ4n) is 2.61. The van der Waals surface area contributed by atoms with Gasteiger partial charge in [-0.2, -0.15) is 0 Å². The lowest BCUT2D eigenvalue weighted by atomic mass is 10.2. The van der Waals surface area contributed by atoms with E-state index in [2.05, 4.69) is 15.5 Å². The SMILES string of the molecule is Cc1ccccc1-n1c(C)nnc1SC(C)C(=O)Nc1c(Cl)cc(Cl)cc1Cl. The van der Waals surface area contributed by atoms with Crippen LogP contribution in [0.2, 0.25) is 15.1 Å². The lowest BCUT2D eigenvalue weighted by molar-refractivity contribution is -0.115. The van der Waals surface area contributed by atoms with Crippen LogP contribution in [-0.2, 0) is 4.79 Å². The van der Waals surface area contributed by atoms with Crippen molar-refractivity contribution < 1.29 is 4.79 Å². The lowest BCUT2D eigenvalue weighted by Crippen LogP contribution is -2.23. The van der Waals surface area contributed by atoms with Crippen LogP contribution in [0.4, 0.5) is 5.69 Å². The van der Waals surface area contributed by atoms with Crippen LogP contribution in [0, 0.1) is 13.8 Å². The number of aryl methyl sites for hydroxylation is 2. The van der Waals surface area contributed by atoms with Crippen molar-refractivity contribution in [2.24, 2.45) is 0 Å². The third-order valence-corrected chi connectivity index (χ3v) is 5.92. The molecule has 0 saturated carbocycles. The second-order valence-electron chi connectivity index (χ2n) is 6.15. The van der Waals surface area contributed by atoms with Crippen molar-refractivity contribution in [3.63, 3.8) is 0 Å². The van der Waals surface area contributed by atoms with Gasteiger partial charge in [0, 0.05) is 5.02 Å². The molecule has 0 aliphatic carbocycles. The minimum atomic E-state index is -0.464. The molecule has 0 spiro atoms. The van der Waals surface area contributed by atoms with Crippen molar-refractivity contribution >= 4 is 58.2 Å². The molecule has 146 valence electrons. The number of thioether (sulfide) groups is 1. The average Bonchev–Trinajstić information content (AvgIpc) is 2.98. The quantitative estimate of drug-likeness (QED) is 0.482. The van der Waals surface area contributed by atoms with Crippen molar-refractivity contribution in [1.29, 1.82) is 0 Å². The van der Waals surface area contributed by atoms with Crippen molar-refractivity contribution in [3.8, 4) is 5.69 Å².